The molecule has 0 saturated carbocycles. The summed E-state index contributed by atoms with van der Waals surface area (Å²) in [6.45, 7) is 3.13. The van der Waals surface area contributed by atoms with Gasteiger partial charge in [0.1, 0.15) is 0 Å². The van der Waals surface area contributed by atoms with E-state index in [-0.39, 0.29) is 29.3 Å². The summed E-state index contributed by atoms with van der Waals surface area (Å²) in [7, 11) is -5.84. The van der Waals surface area contributed by atoms with Crippen molar-refractivity contribution in [1.82, 2.24) is 15.1 Å². The maximum absolute atomic E-state index is 11.6. The monoisotopic (exact) mass is 407 g/mol. The van der Waals surface area contributed by atoms with Crippen molar-refractivity contribution in [2.24, 2.45) is 0 Å². The molecule has 3 rings (SSSR count). The summed E-state index contributed by atoms with van der Waals surface area (Å²) in [6.07, 6.45) is 3.96. The quantitative estimate of drug-likeness (QED) is 0.533. The third-order valence-corrected chi connectivity index (χ3v) is 9.30. The van der Waals surface area contributed by atoms with Gasteiger partial charge >= 0.3 is 0 Å². The predicted octanol–water partition coefficient (Wildman–Crippen LogP) is -1.13. The van der Waals surface area contributed by atoms with E-state index in [1.165, 1.54) is 0 Å². The Morgan fingerprint density at radius 3 is 2.12 bits per heavy atom. The fraction of sp³-hybridized carbons (Fsp3) is 0.938. The van der Waals surface area contributed by atoms with Crippen molar-refractivity contribution in [2.75, 3.05) is 49.2 Å². The molecule has 0 aromatic heterocycles. The minimum atomic E-state index is -2.99. The highest BCUT2D eigenvalue weighted by molar-refractivity contribution is 7.91. The zero-order valence-corrected chi connectivity index (χ0v) is 16.7. The molecule has 0 aromatic carbocycles. The molecule has 0 radical (unpaired) electrons. The van der Waals surface area contributed by atoms with E-state index >= 15 is 0 Å². The van der Waals surface area contributed by atoms with Crippen LogP contribution in [0.25, 0.3) is 0 Å². The van der Waals surface area contributed by atoms with Gasteiger partial charge in [0.05, 0.1) is 23.0 Å². The van der Waals surface area contributed by atoms with Crippen LogP contribution in [0.5, 0.6) is 0 Å². The molecule has 10 heteroatoms. The summed E-state index contributed by atoms with van der Waals surface area (Å²) < 4.78 is 46.3. The molecule has 8 nitrogen and oxygen atoms in total. The molecule has 0 spiro atoms. The molecular weight excluding hydrogens is 378 g/mol. The Labute approximate surface area is 156 Å². The van der Waals surface area contributed by atoms with E-state index in [0.717, 1.165) is 38.9 Å². The minimum Gasteiger partial charge on any atom is -0.340 e. The average molecular weight is 408 g/mol. The van der Waals surface area contributed by atoms with Crippen LogP contribution in [0.4, 0.5) is 0 Å². The Morgan fingerprint density at radius 1 is 0.923 bits per heavy atom. The number of hydrogen-bond acceptors (Lipinski definition) is 7. The molecule has 26 heavy (non-hydrogen) atoms. The van der Waals surface area contributed by atoms with Gasteiger partial charge in [0, 0.05) is 31.2 Å². The summed E-state index contributed by atoms with van der Waals surface area (Å²) in [5, 5.41) is 3.48. The van der Waals surface area contributed by atoms with Crippen LogP contribution in [0.1, 0.15) is 25.7 Å². The molecule has 0 aromatic rings. The molecule has 1 N–H and O–H groups in total. The van der Waals surface area contributed by atoms with Gasteiger partial charge in [-0.25, -0.2) is 16.8 Å². The number of rotatable bonds is 7. The highest BCUT2D eigenvalue weighted by atomic mass is 32.2. The number of nitrogens with one attached hydrogen (secondary N) is 1. The third-order valence-electron chi connectivity index (χ3n) is 5.78. The first-order valence-corrected chi connectivity index (χ1v) is 13.0. The molecule has 3 saturated heterocycles. The standard InChI is InChI=1S/C16H29N3O5S2/c20-13-19(16-4-10-26(23,24)12-16)8-7-18-5-1-14(2-6-18)17-15-3-9-25(21,22)11-15/h13-17H,1-12H2/t15-,16+/m1/s1. The van der Waals surface area contributed by atoms with Gasteiger partial charge in [-0.1, -0.05) is 0 Å². The Morgan fingerprint density at radius 2 is 1.58 bits per heavy atom. The van der Waals surface area contributed by atoms with Gasteiger partial charge in [-0.15, -0.1) is 0 Å². The van der Waals surface area contributed by atoms with E-state index in [9.17, 15) is 21.6 Å². The van der Waals surface area contributed by atoms with Crippen LogP contribution in [0, 0.1) is 0 Å². The molecule has 1 amide bonds. The van der Waals surface area contributed by atoms with Crippen LogP contribution in [0.3, 0.4) is 0 Å². The summed E-state index contributed by atoms with van der Waals surface area (Å²) in [5.41, 5.74) is 0. The molecule has 3 aliphatic rings. The number of piperidine rings is 1. The van der Waals surface area contributed by atoms with Gasteiger partial charge in [0.2, 0.25) is 6.41 Å². The van der Waals surface area contributed by atoms with Gasteiger partial charge in [0.15, 0.2) is 19.7 Å². The smallest absolute Gasteiger partial charge is 0.210 e. The second-order valence-corrected chi connectivity index (χ2v) is 12.2. The Hall–Kier alpha value is -0.710. The van der Waals surface area contributed by atoms with E-state index in [1.54, 1.807) is 4.90 Å². The number of hydrogen-bond donors (Lipinski definition) is 1. The summed E-state index contributed by atoms with van der Waals surface area (Å²) in [6, 6.07) is 0.263. The average Bonchev–Trinajstić information content (AvgIpc) is 3.11. The molecule has 3 fully saturated rings. The Kier molecular flexibility index (Phi) is 6.25. The van der Waals surface area contributed by atoms with E-state index in [4.69, 9.17) is 0 Å². The first-order chi connectivity index (χ1) is 12.3. The maximum atomic E-state index is 11.6. The Bertz CT molecular complexity index is 701. The molecule has 0 aliphatic carbocycles. The fourth-order valence-electron chi connectivity index (χ4n) is 4.20. The Balaban J connectivity index is 1.38. The number of carbonyl (C=O) groups is 1. The van der Waals surface area contributed by atoms with Crippen molar-refractivity contribution >= 4 is 26.1 Å². The molecule has 3 aliphatic heterocycles. The molecular formula is C16H29N3O5S2. The molecule has 0 unspecified atom stereocenters. The summed E-state index contributed by atoms with van der Waals surface area (Å²) >= 11 is 0. The summed E-state index contributed by atoms with van der Waals surface area (Å²) in [4.78, 5) is 15.3. The lowest BCUT2D eigenvalue weighted by Crippen LogP contribution is -2.48. The van der Waals surface area contributed by atoms with Crippen molar-refractivity contribution in [2.45, 2.75) is 43.8 Å². The van der Waals surface area contributed by atoms with E-state index < -0.39 is 19.7 Å². The fourth-order valence-corrected chi connectivity index (χ4v) is 7.63. The maximum Gasteiger partial charge on any atom is 0.210 e. The highest BCUT2D eigenvalue weighted by Crippen LogP contribution is 2.18. The zero-order chi connectivity index (χ0) is 18.8. The predicted molar refractivity (Wildman–Crippen MR) is 99.5 cm³/mol. The lowest BCUT2D eigenvalue weighted by molar-refractivity contribution is -0.120. The number of carbonyl (C=O) groups excluding carboxylic acids is 1. The first kappa shape index (κ1) is 20.0. The molecule has 2 atom stereocenters. The van der Waals surface area contributed by atoms with Crippen LogP contribution in [0.2, 0.25) is 0 Å². The van der Waals surface area contributed by atoms with Crippen LogP contribution < -0.4 is 5.32 Å². The first-order valence-electron chi connectivity index (χ1n) is 9.37. The molecule has 0 bridgehead atoms. The normalized spacial score (nSPS) is 31.8. The number of amides is 1. The van der Waals surface area contributed by atoms with Gasteiger partial charge in [-0.05, 0) is 38.8 Å². The van der Waals surface area contributed by atoms with E-state index in [1.807, 2.05) is 0 Å². The van der Waals surface area contributed by atoms with Crippen LogP contribution in [-0.2, 0) is 24.5 Å². The second-order valence-electron chi connectivity index (χ2n) is 7.78. The van der Waals surface area contributed by atoms with Crippen LogP contribution >= 0.6 is 0 Å². The molecule has 3 heterocycles. The minimum absolute atomic E-state index is 0.0853. The third kappa shape index (κ3) is 5.40. The van der Waals surface area contributed by atoms with E-state index in [2.05, 4.69) is 10.2 Å². The lowest BCUT2D eigenvalue weighted by atomic mass is 10.0. The highest BCUT2D eigenvalue weighted by Gasteiger charge is 2.33. The van der Waals surface area contributed by atoms with Gasteiger partial charge in [-0.3, -0.25) is 4.79 Å². The summed E-state index contributed by atoms with van der Waals surface area (Å²) in [5.74, 6) is 0.811. The molecule has 150 valence electrons. The van der Waals surface area contributed by atoms with Crippen LogP contribution in [0.15, 0.2) is 0 Å². The van der Waals surface area contributed by atoms with Crippen molar-refractivity contribution in [3.63, 3.8) is 0 Å². The van der Waals surface area contributed by atoms with Crippen molar-refractivity contribution < 1.29 is 21.6 Å². The van der Waals surface area contributed by atoms with Crippen molar-refractivity contribution in [3.05, 3.63) is 0 Å². The van der Waals surface area contributed by atoms with Crippen molar-refractivity contribution in [3.8, 4) is 0 Å². The van der Waals surface area contributed by atoms with Gasteiger partial charge < -0.3 is 15.1 Å². The number of nitrogens with zero attached hydrogens (tertiary/aromatic N) is 2. The zero-order valence-electron chi connectivity index (χ0n) is 15.0. The van der Waals surface area contributed by atoms with Gasteiger partial charge in [0.25, 0.3) is 0 Å². The van der Waals surface area contributed by atoms with Crippen LogP contribution in [-0.4, -0.2) is 100 Å². The van der Waals surface area contributed by atoms with Crippen molar-refractivity contribution in [1.29, 1.82) is 0 Å². The topological polar surface area (TPSA) is 104 Å². The SMILES string of the molecule is O=CN(CCN1CCC(N[C@@H]2CCS(=O)(=O)C2)CC1)[C@H]1CCS(=O)(=O)C1. The largest absolute Gasteiger partial charge is 0.340 e. The van der Waals surface area contributed by atoms with E-state index in [0.29, 0.717) is 31.2 Å². The lowest BCUT2D eigenvalue weighted by Gasteiger charge is -2.35. The second kappa shape index (κ2) is 8.12. The van der Waals surface area contributed by atoms with Gasteiger partial charge in [-0.2, -0.15) is 0 Å². The number of likely N-dealkylation sites (tertiary alicyclic amines) is 1. The number of sulfone groups is 2.